The molecule has 124 valence electrons. The number of nitriles is 1. The first-order valence-corrected chi connectivity index (χ1v) is 8.61. The lowest BCUT2D eigenvalue weighted by atomic mass is 10.1. The van der Waals surface area contributed by atoms with E-state index in [1.54, 1.807) is 12.4 Å². The largest absolute Gasteiger partial charge is 0.339 e. The van der Waals surface area contributed by atoms with Gasteiger partial charge in [-0.05, 0) is 30.0 Å². The van der Waals surface area contributed by atoms with E-state index in [1.165, 1.54) is 11.8 Å². The fraction of sp³-hybridized carbons (Fsp3) is 0.118. The van der Waals surface area contributed by atoms with E-state index in [4.69, 9.17) is 9.78 Å². The number of amidine groups is 1. The quantitative estimate of drug-likeness (QED) is 0.334. The van der Waals surface area contributed by atoms with Crippen LogP contribution in [0.1, 0.15) is 11.5 Å². The molecular formula is C17H14N6OS. The second-order valence-electron chi connectivity index (χ2n) is 4.92. The maximum Gasteiger partial charge on any atom is 0.231 e. The number of nitrogens with zero attached hydrogens (tertiary/aromatic N) is 5. The predicted octanol–water partition coefficient (Wildman–Crippen LogP) is 3.14. The number of aromatic nitrogens is 3. The van der Waals surface area contributed by atoms with E-state index in [2.05, 4.69) is 25.4 Å². The van der Waals surface area contributed by atoms with Crippen LogP contribution >= 0.6 is 11.8 Å². The van der Waals surface area contributed by atoms with E-state index < -0.39 is 0 Å². The molecule has 1 N–H and O–H groups in total. The minimum Gasteiger partial charge on any atom is -0.339 e. The van der Waals surface area contributed by atoms with Gasteiger partial charge in [-0.3, -0.25) is 10.3 Å². The van der Waals surface area contributed by atoms with Crippen LogP contribution in [0.5, 0.6) is 0 Å². The summed E-state index contributed by atoms with van der Waals surface area (Å²) in [4.78, 5) is 12.9. The Labute approximate surface area is 148 Å². The average molecular weight is 350 g/mol. The highest BCUT2D eigenvalue weighted by molar-refractivity contribution is 8.13. The molecule has 0 amide bonds. The number of para-hydroxylation sites is 1. The Hall–Kier alpha value is -3.18. The van der Waals surface area contributed by atoms with Crippen molar-refractivity contribution >= 4 is 22.6 Å². The first-order chi connectivity index (χ1) is 12.3. The number of hydrogen-bond donors (Lipinski definition) is 1. The summed E-state index contributed by atoms with van der Waals surface area (Å²) < 4.78 is 5.35. The van der Waals surface area contributed by atoms with E-state index >= 15 is 0 Å². The van der Waals surface area contributed by atoms with Crippen molar-refractivity contribution in [1.29, 1.82) is 5.26 Å². The van der Waals surface area contributed by atoms with Crippen molar-refractivity contribution in [3.05, 3.63) is 60.2 Å². The van der Waals surface area contributed by atoms with Crippen molar-refractivity contribution in [1.82, 2.24) is 20.4 Å². The normalized spacial score (nSPS) is 11.1. The number of hydrogen-bond acceptors (Lipinski definition) is 7. The minimum absolute atomic E-state index is 0.446. The molecule has 8 heteroatoms. The van der Waals surface area contributed by atoms with E-state index in [0.717, 1.165) is 16.8 Å². The summed E-state index contributed by atoms with van der Waals surface area (Å²) in [5.74, 6) is 0.987. The van der Waals surface area contributed by atoms with Gasteiger partial charge in [0.25, 0.3) is 0 Å². The zero-order valence-corrected chi connectivity index (χ0v) is 14.2. The summed E-state index contributed by atoms with van der Waals surface area (Å²) in [5, 5.41) is 15.8. The van der Waals surface area contributed by atoms with Crippen molar-refractivity contribution in [3.8, 4) is 17.6 Å². The Morgan fingerprint density at radius 3 is 2.96 bits per heavy atom. The molecule has 0 unspecified atom stereocenters. The average Bonchev–Trinajstić information content (AvgIpc) is 3.12. The molecule has 7 nitrogen and oxygen atoms in total. The molecule has 0 aliphatic rings. The van der Waals surface area contributed by atoms with Crippen LogP contribution in [0.2, 0.25) is 0 Å². The van der Waals surface area contributed by atoms with E-state index in [1.807, 2.05) is 48.8 Å². The van der Waals surface area contributed by atoms with Gasteiger partial charge in [-0.1, -0.05) is 35.1 Å². The van der Waals surface area contributed by atoms with Crippen LogP contribution in [-0.2, 0) is 6.42 Å². The van der Waals surface area contributed by atoms with Gasteiger partial charge in [-0.2, -0.15) is 10.2 Å². The number of rotatable bonds is 4. The molecule has 25 heavy (non-hydrogen) atoms. The molecule has 0 aliphatic heterocycles. The SMILES string of the molecule is CSC(=Nc1ccccc1Cc1nc(-c2cccnc2)no1)NC#N. The van der Waals surface area contributed by atoms with Crippen LogP contribution in [0.25, 0.3) is 11.4 Å². The maximum atomic E-state index is 8.77. The lowest BCUT2D eigenvalue weighted by Gasteiger charge is -2.04. The van der Waals surface area contributed by atoms with Crippen LogP contribution in [-0.4, -0.2) is 26.5 Å². The van der Waals surface area contributed by atoms with Crippen LogP contribution in [0.4, 0.5) is 5.69 Å². The molecule has 0 bridgehead atoms. The first-order valence-electron chi connectivity index (χ1n) is 7.39. The molecule has 0 fully saturated rings. The minimum atomic E-state index is 0.446. The second-order valence-corrected chi connectivity index (χ2v) is 5.71. The van der Waals surface area contributed by atoms with E-state index in [0.29, 0.717) is 23.3 Å². The van der Waals surface area contributed by atoms with Gasteiger partial charge in [0.15, 0.2) is 11.4 Å². The van der Waals surface area contributed by atoms with Crippen LogP contribution in [0.3, 0.4) is 0 Å². The van der Waals surface area contributed by atoms with Crippen LogP contribution in [0.15, 0.2) is 58.3 Å². The molecule has 0 saturated carbocycles. The van der Waals surface area contributed by atoms with Gasteiger partial charge in [0.1, 0.15) is 0 Å². The van der Waals surface area contributed by atoms with Gasteiger partial charge < -0.3 is 4.52 Å². The molecule has 0 saturated heterocycles. The fourth-order valence-electron chi connectivity index (χ4n) is 2.15. The maximum absolute atomic E-state index is 8.77. The lowest BCUT2D eigenvalue weighted by molar-refractivity contribution is 0.386. The molecule has 0 radical (unpaired) electrons. The van der Waals surface area contributed by atoms with Gasteiger partial charge in [0.05, 0.1) is 12.1 Å². The monoisotopic (exact) mass is 350 g/mol. The predicted molar refractivity (Wildman–Crippen MR) is 96.1 cm³/mol. The number of pyridine rings is 1. The highest BCUT2D eigenvalue weighted by Crippen LogP contribution is 2.23. The van der Waals surface area contributed by atoms with Crippen LogP contribution in [0, 0.1) is 11.5 Å². The molecule has 2 heterocycles. The van der Waals surface area contributed by atoms with Gasteiger partial charge >= 0.3 is 0 Å². The molecule has 0 spiro atoms. The standard InChI is InChI=1S/C17H14N6OS/c1-25-17(20-11-18)21-14-7-3-2-5-12(14)9-15-22-16(23-24-15)13-6-4-8-19-10-13/h2-8,10H,9H2,1H3,(H,20,21). The van der Waals surface area contributed by atoms with Crippen LogP contribution < -0.4 is 5.32 Å². The molecule has 3 rings (SSSR count). The fourth-order valence-corrected chi connectivity index (χ4v) is 2.49. The summed E-state index contributed by atoms with van der Waals surface area (Å²) in [5.41, 5.74) is 2.47. The Kier molecular flexibility index (Phi) is 5.39. The van der Waals surface area contributed by atoms with Crippen molar-refractivity contribution < 1.29 is 4.52 Å². The van der Waals surface area contributed by atoms with Crippen molar-refractivity contribution in [2.75, 3.05) is 6.26 Å². The van der Waals surface area contributed by atoms with Crippen molar-refractivity contribution in [2.24, 2.45) is 4.99 Å². The third-order valence-corrected chi connectivity index (χ3v) is 3.88. The number of aliphatic imine (C=N–C) groups is 1. The number of benzene rings is 1. The Bertz CT molecular complexity index is 916. The number of thioether (sulfide) groups is 1. The van der Waals surface area contributed by atoms with Gasteiger partial charge in [0.2, 0.25) is 11.7 Å². The summed E-state index contributed by atoms with van der Waals surface area (Å²) in [6.07, 6.45) is 7.56. The molecule has 0 aliphatic carbocycles. The second kappa shape index (κ2) is 8.08. The van der Waals surface area contributed by atoms with Crippen molar-refractivity contribution in [2.45, 2.75) is 6.42 Å². The third kappa shape index (κ3) is 4.22. The van der Waals surface area contributed by atoms with Gasteiger partial charge in [-0.25, -0.2) is 4.99 Å². The van der Waals surface area contributed by atoms with E-state index in [9.17, 15) is 0 Å². The lowest BCUT2D eigenvalue weighted by Crippen LogP contribution is -2.12. The summed E-state index contributed by atoms with van der Waals surface area (Å²) in [7, 11) is 0. The number of nitrogens with one attached hydrogen (secondary N) is 1. The summed E-state index contributed by atoms with van der Waals surface area (Å²) in [6, 6.07) is 11.3. The summed E-state index contributed by atoms with van der Waals surface area (Å²) >= 11 is 1.36. The molecule has 3 aromatic rings. The zero-order valence-electron chi connectivity index (χ0n) is 13.4. The summed E-state index contributed by atoms with van der Waals surface area (Å²) in [6.45, 7) is 0. The smallest absolute Gasteiger partial charge is 0.231 e. The molecule has 0 atom stereocenters. The highest BCUT2D eigenvalue weighted by Gasteiger charge is 2.11. The van der Waals surface area contributed by atoms with Gasteiger partial charge in [0, 0.05) is 18.0 Å². The molecule has 2 aromatic heterocycles. The zero-order chi connectivity index (χ0) is 17.5. The highest BCUT2D eigenvalue weighted by atomic mass is 32.2. The van der Waals surface area contributed by atoms with Gasteiger partial charge in [-0.15, -0.1) is 0 Å². The molecular weight excluding hydrogens is 336 g/mol. The Morgan fingerprint density at radius 1 is 1.32 bits per heavy atom. The third-order valence-electron chi connectivity index (χ3n) is 3.30. The van der Waals surface area contributed by atoms with Crippen molar-refractivity contribution in [3.63, 3.8) is 0 Å². The van der Waals surface area contributed by atoms with E-state index in [-0.39, 0.29) is 0 Å². The Morgan fingerprint density at radius 2 is 2.20 bits per heavy atom. The topological polar surface area (TPSA) is 100.0 Å². The Balaban J connectivity index is 1.85. The molecule has 1 aromatic carbocycles. The first kappa shape index (κ1) is 16.7.